The fourth-order valence-corrected chi connectivity index (χ4v) is 4.43. The summed E-state index contributed by atoms with van der Waals surface area (Å²) in [5.41, 5.74) is 3.05. The molecule has 0 saturated carbocycles. The Hall–Kier alpha value is -4.53. The van der Waals surface area contributed by atoms with E-state index in [9.17, 15) is 20.0 Å². The zero-order valence-corrected chi connectivity index (χ0v) is 23.5. The molecule has 3 aromatic rings. The van der Waals surface area contributed by atoms with Crippen molar-refractivity contribution in [3.63, 3.8) is 0 Å². The number of amides is 2. The molecule has 0 spiro atoms. The maximum atomic E-state index is 12.3. The Bertz CT molecular complexity index is 1390. The van der Waals surface area contributed by atoms with Gasteiger partial charge in [-0.1, -0.05) is 0 Å². The second-order valence-electron chi connectivity index (χ2n) is 10.2. The number of rotatable bonds is 10. The van der Waals surface area contributed by atoms with Gasteiger partial charge >= 0.3 is 0 Å². The summed E-state index contributed by atoms with van der Waals surface area (Å²) in [7, 11) is 3.91. The summed E-state index contributed by atoms with van der Waals surface area (Å²) < 4.78 is 6.12. The number of carbonyl (C=O) groups excluding carboxylic acids is 2. The molecule has 0 radical (unpaired) electrons. The highest BCUT2D eigenvalue weighted by Gasteiger charge is 2.26. The fraction of sp³-hybridized carbons (Fsp3) is 0.367. The third kappa shape index (κ3) is 8.00. The molecule has 2 amide bonds. The maximum Gasteiger partial charge on any atom is 0.251 e. The lowest BCUT2D eigenvalue weighted by Gasteiger charge is -2.33. The summed E-state index contributed by atoms with van der Waals surface area (Å²) in [4.78, 5) is 36.9. The smallest absolute Gasteiger partial charge is 0.251 e. The van der Waals surface area contributed by atoms with Crippen molar-refractivity contribution in [2.75, 3.05) is 45.6 Å². The van der Waals surface area contributed by atoms with Crippen molar-refractivity contribution in [2.24, 2.45) is 0 Å². The number of nitrogens with zero attached hydrogens (tertiary/aromatic N) is 5. The minimum atomic E-state index is -1.01. The Labute approximate surface area is 239 Å². The molecule has 2 heterocycles. The van der Waals surface area contributed by atoms with Gasteiger partial charge in [0.25, 0.3) is 11.8 Å². The minimum absolute atomic E-state index is 0.128. The maximum absolute atomic E-state index is 12.3. The number of hydrogen-bond acceptors (Lipinski definition) is 9. The lowest BCUT2D eigenvalue weighted by atomic mass is 10.1. The molecule has 1 unspecified atom stereocenters. The highest BCUT2D eigenvalue weighted by molar-refractivity contribution is 5.94. The first-order valence-corrected chi connectivity index (χ1v) is 13.5. The van der Waals surface area contributed by atoms with Gasteiger partial charge in [-0.2, -0.15) is 5.26 Å². The van der Waals surface area contributed by atoms with Crippen LogP contribution < -0.4 is 15.4 Å². The number of benzene rings is 2. The Balaban J connectivity index is 1.38. The minimum Gasteiger partial charge on any atom is -0.489 e. The first-order valence-electron chi connectivity index (χ1n) is 13.5. The number of ether oxygens (including phenoxy) is 1. The molecule has 0 bridgehead atoms. The number of nitrogens with one attached hydrogen (secondary N) is 2. The van der Waals surface area contributed by atoms with Gasteiger partial charge in [-0.3, -0.25) is 9.59 Å². The van der Waals surface area contributed by atoms with Gasteiger partial charge < -0.3 is 30.3 Å². The Morgan fingerprint density at radius 1 is 1.17 bits per heavy atom. The zero-order valence-electron chi connectivity index (χ0n) is 23.5. The number of carbonyl (C=O) groups is 2. The molecule has 0 aliphatic carbocycles. The summed E-state index contributed by atoms with van der Waals surface area (Å²) in [5.74, 6) is 0.451. The predicted molar refractivity (Wildman–Crippen MR) is 155 cm³/mol. The summed E-state index contributed by atoms with van der Waals surface area (Å²) in [6.45, 7) is 3.80. The fourth-order valence-electron chi connectivity index (χ4n) is 4.43. The first kappa shape index (κ1) is 29.5. The van der Waals surface area contributed by atoms with E-state index in [1.54, 1.807) is 53.6 Å². The molecule has 214 valence electrons. The monoisotopic (exact) mass is 557 g/mol. The van der Waals surface area contributed by atoms with E-state index in [4.69, 9.17) is 4.74 Å². The van der Waals surface area contributed by atoms with Gasteiger partial charge in [-0.05, 0) is 69.6 Å². The van der Waals surface area contributed by atoms with E-state index < -0.39 is 6.10 Å². The highest BCUT2D eigenvalue weighted by atomic mass is 16.5. The molecule has 41 heavy (non-hydrogen) atoms. The number of likely N-dealkylation sites (tertiary alicyclic amines) is 1. The normalized spacial score (nSPS) is 14.3. The number of aliphatic hydroxyl groups excluding tert-OH is 1. The van der Waals surface area contributed by atoms with Gasteiger partial charge in [0.2, 0.25) is 5.95 Å². The van der Waals surface area contributed by atoms with E-state index in [-0.39, 0.29) is 17.9 Å². The Morgan fingerprint density at radius 2 is 1.90 bits per heavy atom. The molecule has 3 N–H and O–H groups in total. The molecule has 2 aromatic carbocycles. The number of hydrogen-bond donors (Lipinski definition) is 3. The summed E-state index contributed by atoms with van der Waals surface area (Å²) in [6.07, 6.45) is 1.73. The molecule has 1 aliphatic heterocycles. The molecule has 4 rings (SSSR count). The average molecular weight is 558 g/mol. The Morgan fingerprint density at radius 3 is 2.56 bits per heavy atom. The summed E-state index contributed by atoms with van der Waals surface area (Å²) in [6, 6.07) is 16.4. The molecule has 1 atom stereocenters. The van der Waals surface area contributed by atoms with Crippen molar-refractivity contribution >= 4 is 23.5 Å². The van der Waals surface area contributed by atoms with E-state index in [1.807, 2.05) is 25.1 Å². The molecule has 1 fully saturated rings. The van der Waals surface area contributed by atoms with Gasteiger partial charge in [0.15, 0.2) is 0 Å². The van der Waals surface area contributed by atoms with E-state index in [0.29, 0.717) is 61.0 Å². The van der Waals surface area contributed by atoms with Crippen LogP contribution >= 0.6 is 0 Å². The van der Waals surface area contributed by atoms with Crippen LogP contribution in [0.3, 0.4) is 0 Å². The van der Waals surface area contributed by atoms with Crippen molar-refractivity contribution in [3.8, 4) is 23.1 Å². The third-order valence-electron chi connectivity index (χ3n) is 6.70. The lowest BCUT2D eigenvalue weighted by Crippen LogP contribution is -2.45. The van der Waals surface area contributed by atoms with Crippen LogP contribution in [0.5, 0.6) is 5.75 Å². The molecule has 11 nitrogen and oxygen atoms in total. The van der Waals surface area contributed by atoms with Crippen LogP contribution in [0.25, 0.3) is 11.3 Å². The standard InChI is InChI=1S/C30H35N7O4/c1-20(38)29(40)37-15-11-25(12-16-37)41-27-9-6-22(18-23(27)19-31)26-10-13-33-30(35-26)34-24-7-4-21(5-8-24)28(39)32-14-17-36(2)3/h4-10,13,18,20,25,38H,11-12,14-17H2,1-3H3,(H,32,39)(H,33,34,35). The SMILES string of the molecule is CC(O)C(=O)N1CCC(Oc2ccc(-c3ccnc(Nc4ccc(C(=O)NCCN(C)C)cc4)n3)cc2C#N)CC1. The van der Waals surface area contributed by atoms with Gasteiger partial charge in [0.1, 0.15) is 24.0 Å². The number of nitriles is 1. The van der Waals surface area contributed by atoms with E-state index in [0.717, 1.165) is 17.8 Å². The Kier molecular flexibility index (Phi) is 9.84. The molecule has 1 saturated heterocycles. The van der Waals surface area contributed by atoms with Crippen LogP contribution in [0.15, 0.2) is 54.7 Å². The third-order valence-corrected chi connectivity index (χ3v) is 6.70. The second kappa shape index (κ2) is 13.7. The summed E-state index contributed by atoms with van der Waals surface area (Å²) in [5, 5.41) is 25.4. The first-order chi connectivity index (χ1) is 19.7. The number of likely N-dealkylation sites (N-methyl/N-ethyl adjacent to an activating group) is 1. The number of aliphatic hydroxyl groups is 1. The van der Waals surface area contributed by atoms with Gasteiger partial charge in [-0.25, -0.2) is 9.97 Å². The number of anilines is 2. The van der Waals surface area contributed by atoms with Gasteiger partial charge in [-0.15, -0.1) is 0 Å². The largest absolute Gasteiger partial charge is 0.489 e. The zero-order chi connectivity index (χ0) is 29.4. The van der Waals surface area contributed by atoms with Crippen LogP contribution in [0, 0.1) is 11.3 Å². The molecular formula is C30H35N7O4. The number of aromatic nitrogens is 2. The van der Waals surface area contributed by atoms with Crippen LogP contribution in [0.4, 0.5) is 11.6 Å². The lowest BCUT2D eigenvalue weighted by molar-refractivity contribution is -0.141. The summed E-state index contributed by atoms with van der Waals surface area (Å²) >= 11 is 0. The molecule has 1 aliphatic rings. The van der Waals surface area contributed by atoms with Crippen molar-refractivity contribution in [3.05, 3.63) is 65.9 Å². The molecule has 11 heteroatoms. The van der Waals surface area contributed by atoms with Crippen molar-refractivity contribution < 1.29 is 19.4 Å². The topological polar surface area (TPSA) is 144 Å². The van der Waals surface area contributed by atoms with Gasteiger partial charge in [0, 0.05) is 62.0 Å². The van der Waals surface area contributed by atoms with Gasteiger partial charge in [0.05, 0.1) is 11.3 Å². The van der Waals surface area contributed by atoms with E-state index in [2.05, 4.69) is 26.7 Å². The molecule has 1 aromatic heterocycles. The quantitative estimate of drug-likeness (QED) is 0.343. The van der Waals surface area contributed by atoms with E-state index in [1.165, 1.54) is 6.92 Å². The number of piperidine rings is 1. The van der Waals surface area contributed by atoms with Crippen LogP contribution in [0.1, 0.15) is 35.7 Å². The predicted octanol–water partition coefficient (Wildman–Crippen LogP) is 2.80. The van der Waals surface area contributed by atoms with Crippen molar-refractivity contribution in [1.82, 2.24) is 25.1 Å². The van der Waals surface area contributed by atoms with Crippen LogP contribution in [-0.4, -0.2) is 89.2 Å². The van der Waals surface area contributed by atoms with Crippen molar-refractivity contribution in [2.45, 2.75) is 32.0 Å². The molecular weight excluding hydrogens is 522 g/mol. The van der Waals surface area contributed by atoms with Crippen LogP contribution in [-0.2, 0) is 4.79 Å². The van der Waals surface area contributed by atoms with Crippen molar-refractivity contribution in [1.29, 1.82) is 5.26 Å². The van der Waals surface area contributed by atoms with Crippen LogP contribution in [0.2, 0.25) is 0 Å². The second-order valence-corrected chi connectivity index (χ2v) is 10.2. The highest BCUT2D eigenvalue weighted by Crippen LogP contribution is 2.28. The average Bonchev–Trinajstić information content (AvgIpc) is 2.97. The van der Waals surface area contributed by atoms with E-state index >= 15 is 0 Å².